The molecule has 0 bridgehead atoms. The molecule has 0 spiro atoms. The zero-order chi connectivity index (χ0) is 20.9. The van der Waals surface area contributed by atoms with Crippen LogP contribution in [0.1, 0.15) is 40.0 Å². The van der Waals surface area contributed by atoms with Gasteiger partial charge in [-0.25, -0.2) is 13.2 Å². The predicted molar refractivity (Wildman–Crippen MR) is 108 cm³/mol. The summed E-state index contributed by atoms with van der Waals surface area (Å²) < 4.78 is 27.0. The number of carbonyl (C=O) groups excluding carboxylic acids is 2. The lowest BCUT2D eigenvalue weighted by molar-refractivity contribution is -0.119. The summed E-state index contributed by atoms with van der Waals surface area (Å²) in [6.45, 7) is 6.93. The molecule has 0 radical (unpaired) electrons. The fourth-order valence-corrected chi connectivity index (χ4v) is 4.63. The Kier molecular flexibility index (Phi) is 7.42. The number of benzene rings is 1. The Balaban J connectivity index is 2.09. The van der Waals surface area contributed by atoms with Crippen LogP contribution in [0.5, 0.6) is 0 Å². The summed E-state index contributed by atoms with van der Waals surface area (Å²) in [5.74, 6) is 0.0407. The van der Waals surface area contributed by atoms with Crippen LogP contribution in [-0.2, 0) is 14.8 Å². The highest BCUT2D eigenvalue weighted by Crippen LogP contribution is 2.24. The van der Waals surface area contributed by atoms with Gasteiger partial charge in [0, 0.05) is 18.8 Å². The number of nitrogens with one attached hydrogen (secondary N) is 2. The van der Waals surface area contributed by atoms with E-state index < -0.39 is 28.0 Å². The average molecular weight is 411 g/mol. The maximum absolute atomic E-state index is 12.8. The first-order valence-electron chi connectivity index (χ1n) is 9.62. The molecule has 8 nitrogen and oxygen atoms in total. The van der Waals surface area contributed by atoms with Crippen LogP contribution >= 0.6 is 0 Å². The molecule has 4 N–H and O–H groups in total. The smallest absolute Gasteiger partial charge is 0.312 e. The molecule has 3 amide bonds. The van der Waals surface area contributed by atoms with Crippen molar-refractivity contribution in [1.82, 2.24) is 9.62 Å². The van der Waals surface area contributed by atoms with E-state index in [9.17, 15) is 18.0 Å². The van der Waals surface area contributed by atoms with E-state index >= 15 is 0 Å². The zero-order valence-corrected chi connectivity index (χ0v) is 17.5. The minimum atomic E-state index is -3.53. The molecule has 156 valence electrons. The predicted octanol–water partition coefficient (Wildman–Crippen LogP) is 2.13. The zero-order valence-electron chi connectivity index (χ0n) is 16.6. The maximum Gasteiger partial charge on any atom is 0.312 e. The molecule has 28 heavy (non-hydrogen) atoms. The summed E-state index contributed by atoms with van der Waals surface area (Å²) in [5, 5.41) is 5.17. The van der Waals surface area contributed by atoms with Crippen LogP contribution in [0.3, 0.4) is 0 Å². The molecule has 1 heterocycles. The number of hydrogen-bond donors (Lipinski definition) is 3. The minimum Gasteiger partial charge on any atom is -0.352 e. The third-order valence-corrected chi connectivity index (χ3v) is 7.21. The van der Waals surface area contributed by atoms with Gasteiger partial charge in [-0.1, -0.05) is 27.2 Å². The fourth-order valence-electron chi connectivity index (χ4n) is 3.16. The first-order chi connectivity index (χ1) is 13.1. The van der Waals surface area contributed by atoms with Crippen molar-refractivity contribution in [2.75, 3.05) is 18.4 Å². The van der Waals surface area contributed by atoms with Crippen LogP contribution in [0.4, 0.5) is 10.5 Å². The number of carbonyl (C=O) groups is 2. The molecule has 1 aliphatic heterocycles. The van der Waals surface area contributed by atoms with Crippen molar-refractivity contribution in [3.8, 4) is 0 Å². The van der Waals surface area contributed by atoms with Crippen LogP contribution in [0.2, 0.25) is 0 Å². The second-order valence-corrected chi connectivity index (χ2v) is 9.41. The number of primary amides is 1. The molecule has 0 saturated carbocycles. The summed E-state index contributed by atoms with van der Waals surface area (Å²) in [4.78, 5) is 23.9. The van der Waals surface area contributed by atoms with E-state index in [1.807, 2.05) is 13.8 Å². The van der Waals surface area contributed by atoms with Crippen LogP contribution in [0, 0.1) is 11.8 Å². The van der Waals surface area contributed by atoms with Crippen molar-refractivity contribution in [2.45, 2.75) is 51.0 Å². The van der Waals surface area contributed by atoms with Gasteiger partial charge in [-0.3, -0.25) is 4.79 Å². The summed E-state index contributed by atoms with van der Waals surface area (Å²) in [7, 11) is -3.53. The molecule has 2 rings (SSSR count). The van der Waals surface area contributed by atoms with Crippen molar-refractivity contribution in [2.24, 2.45) is 17.6 Å². The quantitative estimate of drug-likeness (QED) is 0.637. The van der Waals surface area contributed by atoms with Gasteiger partial charge in [0.2, 0.25) is 15.9 Å². The number of piperidine rings is 1. The van der Waals surface area contributed by atoms with Gasteiger partial charge < -0.3 is 16.4 Å². The normalized spacial score (nSPS) is 18.2. The summed E-state index contributed by atoms with van der Waals surface area (Å²) in [6, 6.07) is 4.55. The Hall–Kier alpha value is -2.13. The molecule has 1 aliphatic rings. The van der Waals surface area contributed by atoms with Gasteiger partial charge in [-0.05, 0) is 48.9 Å². The lowest BCUT2D eigenvalue weighted by Gasteiger charge is -2.29. The van der Waals surface area contributed by atoms with Crippen molar-refractivity contribution in [3.63, 3.8) is 0 Å². The van der Waals surface area contributed by atoms with Crippen LogP contribution in [0.15, 0.2) is 29.2 Å². The second kappa shape index (κ2) is 9.38. The van der Waals surface area contributed by atoms with E-state index in [4.69, 9.17) is 5.73 Å². The second-order valence-electron chi connectivity index (χ2n) is 7.47. The Morgan fingerprint density at radius 1 is 1.21 bits per heavy atom. The third-order valence-electron chi connectivity index (χ3n) is 5.30. The van der Waals surface area contributed by atoms with Gasteiger partial charge in [-0.2, -0.15) is 4.31 Å². The summed E-state index contributed by atoms with van der Waals surface area (Å²) >= 11 is 0. The Bertz CT molecular complexity index is 787. The molecule has 1 saturated heterocycles. The standard InChI is InChI=1S/C19H30N4O4S/c1-4-14(3)17(22-19(20)25)18(24)21-15-5-7-16(8-6-15)28(26,27)23-11-9-13(2)10-12-23/h5-8,13-14,17H,4,9-12H2,1-3H3,(H,21,24)(H3,20,22,25)/t14-,17-/m0/s1. The number of sulfonamides is 1. The Morgan fingerprint density at radius 3 is 2.29 bits per heavy atom. The monoisotopic (exact) mass is 410 g/mol. The SMILES string of the molecule is CC[C@H](C)[C@H](NC(N)=O)C(=O)Nc1ccc(S(=O)(=O)N2CCC(C)CC2)cc1. The van der Waals surface area contributed by atoms with E-state index in [-0.39, 0.29) is 10.8 Å². The first-order valence-corrected chi connectivity index (χ1v) is 11.1. The number of nitrogens with two attached hydrogens (primary N) is 1. The third kappa shape index (κ3) is 5.45. The van der Waals surface area contributed by atoms with Crippen molar-refractivity contribution in [3.05, 3.63) is 24.3 Å². The highest BCUT2D eigenvalue weighted by molar-refractivity contribution is 7.89. The van der Waals surface area contributed by atoms with Crippen molar-refractivity contribution in [1.29, 1.82) is 0 Å². The number of nitrogens with zero attached hydrogens (tertiary/aromatic N) is 1. The van der Waals surface area contributed by atoms with Crippen molar-refractivity contribution >= 4 is 27.6 Å². The lowest BCUT2D eigenvalue weighted by Crippen LogP contribution is -2.49. The van der Waals surface area contributed by atoms with Crippen molar-refractivity contribution < 1.29 is 18.0 Å². The van der Waals surface area contributed by atoms with Gasteiger partial charge in [-0.15, -0.1) is 0 Å². The number of urea groups is 1. The molecular weight excluding hydrogens is 380 g/mol. The summed E-state index contributed by atoms with van der Waals surface area (Å²) in [6.07, 6.45) is 2.40. The molecule has 9 heteroatoms. The van der Waals surface area contributed by atoms with Gasteiger partial charge in [0.15, 0.2) is 0 Å². The van der Waals surface area contributed by atoms with E-state index in [1.165, 1.54) is 16.4 Å². The lowest BCUT2D eigenvalue weighted by atomic mass is 9.98. The van der Waals surface area contributed by atoms with Crippen LogP contribution in [0.25, 0.3) is 0 Å². The van der Waals surface area contributed by atoms with E-state index in [1.54, 1.807) is 12.1 Å². The minimum absolute atomic E-state index is 0.103. The van der Waals surface area contributed by atoms with E-state index in [0.29, 0.717) is 31.1 Å². The molecular formula is C19H30N4O4S. The van der Waals surface area contributed by atoms with Crippen LogP contribution in [-0.4, -0.2) is 43.8 Å². The number of anilines is 1. The van der Waals surface area contributed by atoms with E-state index in [2.05, 4.69) is 17.6 Å². The molecule has 1 fully saturated rings. The molecule has 0 aromatic heterocycles. The largest absolute Gasteiger partial charge is 0.352 e. The molecule has 0 aliphatic carbocycles. The molecule has 1 aromatic rings. The Morgan fingerprint density at radius 2 is 1.79 bits per heavy atom. The highest BCUT2D eigenvalue weighted by atomic mass is 32.2. The van der Waals surface area contributed by atoms with Gasteiger partial charge in [0.25, 0.3) is 0 Å². The average Bonchev–Trinajstić information content (AvgIpc) is 2.66. The highest BCUT2D eigenvalue weighted by Gasteiger charge is 2.28. The number of amides is 3. The van der Waals surface area contributed by atoms with Gasteiger partial charge >= 0.3 is 6.03 Å². The first kappa shape index (κ1) is 22.2. The Labute approximate surface area is 166 Å². The molecule has 1 aromatic carbocycles. The summed E-state index contributed by atoms with van der Waals surface area (Å²) in [5.41, 5.74) is 5.62. The number of rotatable bonds is 7. The fraction of sp³-hybridized carbons (Fsp3) is 0.579. The van der Waals surface area contributed by atoms with Crippen LogP contribution < -0.4 is 16.4 Å². The molecule has 2 atom stereocenters. The molecule has 0 unspecified atom stereocenters. The van der Waals surface area contributed by atoms with Gasteiger partial charge in [0.05, 0.1) is 4.90 Å². The number of hydrogen-bond acceptors (Lipinski definition) is 4. The maximum atomic E-state index is 12.8. The van der Waals surface area contributed by atoms with E-state index in [0.717, 1.165) is 12.8 Å². The van der Waals surface area contributed by atoms with Gasteiger partial charge in [0.1, 0.15) is 6.04 Å². The topological polar surface area (TPSA) is 122 Å².